The molecular formula is C24H20ClFN2O3. The minimum Gasteiger partial charge on any atom is -0.492 e. The third-order valence-electron chi connectivity index (χ3n) is 5.06. The molecule has 2 N–H and O–H groups in total. The lowest BCUT2D eigenvalue weighted by Crippen LogP contribution is -2.37. The van der Waals surface area contributed by atoms with Gasteiger partial charge in [-0.3, -0.25) is 9.59 Å². The molecule has 31 heavy (non-hydrogen) atoms. The zero-order chi connectivity index (χ0) is 21.8. The van der Waals surface area contributed by atoms with Crippen LogP contribution in [0.3, 0.4) is 0 Å². The van der Waals surface area contributed by atoms with E-state index in [4.69, 9.17) is 16.3 Å². The molecule has 0 aromatic heterocycles. The molecule has 0 unspecified atom stereocenters. The Morgan fingerprint density at radius 2 is 1.87 bits per heavy atom. The Balaban J connectivity index is 1.39. The monoisotopic (exact) mass is 438 g/mol. The van der Waals surface area contributed by atoms with Gasteiger partial charge in [0.1, 0.15) is 18.2 Å². The summed E-state index contributed by atoms with van der Waals surface area (Å²) in [7, 11) is 0. The van der Waals surface area contributed by atoms with Crippen LogP contribution in [0.2, 0.25) is 5.02 Å². The minimum absolute atomic E-state index is 0.136. The Kier molecular flexibility index (Phi) is 6.18. The molecular weight excluding hydrogens is 419 g/mol. The summed E-state index contributed by atoms with van der Waals surface area (Å²) in [5.41, 5.74) is 2.73. The fourth-order valence-corrected chi connectivity index (χ4v) is 3.60. The second kappa shape index (κ2) is 9.18. The van der Waals surface area contributed by atoms with E-state index in [1.54, 1.807) is 48.5 Å². The average molecular weight is 439 g/mol. The largest absolute Gasteiger partial charge is 0.492 e. The van der Waals surface area contributed by atoms with Crippen LogP contribution >= 0.6 is 11.6 Å². The van der Waals surface area contributed by atoms with Crippen molar-refractivity contribution in [2.24, 2.45) is 5.92 Å². The first-order valence-corrected chi connectivity index (χ1v) is 10.2. The number of halogens is 2. The van der Waals surface area contributed by atoms with Crippen molar-refractivity contribution in [2.45, 2.75) is 13.0 Å². The molecule has 1 aliphatic heterocycles. The second-order valence-corrected chi connectivity index (χ2v) is 7.78. The molecule has 1 heterocycles. The van der Waals surface area contributed by atoms with E-state index in [2.05, 4.69) is 10.6 Å². The van der Waals surface area contributed by atoms with E-state index in [0.717, 1.165) is 11.1 Å². The number of hydrogen-bond donors (Lipinski definition) is 2. The number of nitrogens with one attached hydrogen (secondary N) is 2. The lowest BCUT2D eigenvalue weighted by Gasteiger charge is -2.25. The molecule has 0 saturated carbocycles. The van der Waals surface area contributed by atoms with Gasteiger partial charge in [-0.15, -0.1) is 0 Å². The van der Waals surface area contributed by atoms with Gasteiger partial charge >= 0.3 is 0 Å². The number of amides is 2. The van der Waals surface area contributed by atoms with Crippen LogP contribution in [0.1, 0.15) is 21.5 Å². The number of benzene rings is 3. The molecule has 0 fully saturated rings. The van der Waals surface area contributed by atoms with Gasteiger partial charge in [0.2, 0.25) is 5.91 Å². The van der Waals surface area contributed by atoms with Crippen molar-refractivity contribution in [2.75, 3.05) is 11.9 Å². The zero-order valence-corrected chi connectivity index (χ0v) is 17.3. The highest BCUT2D eigenvalue weighted by molar-refractivity contribution is 6.31. The third-order valence-corrected chi connectivity index (χ3v) is 5.30. The Hall–Kier alpha value is -3.38. The molecule has 1 atom stereocenters. The first-order valence-electron chi connectivity index (χ1n) is 9.83. The topological polar surface area (TPSA) is 67.4 Å². The number of fused-ring (bicyclic) bond motifs is 1. The van der Waals surface area contributed by atoms with Crippen LogP contribution in [-0.4, -0.2) is 18.4 Å². The number of carbonyl (C=O) groups excluding carboxylic acids is 2. The van der Waals surface area contributed by atoms with Gasteiger partial charge in [0.15, 0.2) is 0 Å². The maximum Gasteiger partial charge on any atom is 0.255 e. The molecule has 0 aliphatic carbocycles. The fraction of sp³-hybridized carbons (Fsp3) is 0.167. The smallest absolute Gasteiger partial charge is 0.255 e. The number of ether oxygens (including phenoxy) is 1. The predicted molar refractivity (Wildman–Crippen MR) is 117 cm³/mol. The standard InChI is InChI=1S/C24H20ClFN2O3/c25-19-3-1-2-16(11-19)24(30)28-21-8-9-22-17(12-21)10-18(14-31-22)23(29)27-13-15-4-6-20(26)7-5-15/h1-9,11-12,18H,10,13-14H2,(H,27,29)(H,28,30)/t18-/m0/s1. The average Bonchev–Trinajstić information content (AvgIpc) is 2.78. The van der Waals surface area contributed by atoms with Gasteiger partial charge < -0.3 is 15.4 Å². The quantitative estimate of drug-likeness (QED) is 0.611. The Morgan fingerprint density at radius 1 is 1.06 bits per heavy atom. The lowest BCUT2D eigenvalue weighted by atomic mass is 9.95. The van der Waals surface area contributed by atoms with Crippen LogP contribution in [0.5, 0.6) is 5.75 Å². The van der Waals surface area contributed by atoms with E-state index >= 15 is 0 Å². The molecule has 0 bridgehead atoms. The van der Waals surface area contributed by atoms with Crippen molar-refractivity contribution < 1.29 is 18.7 Å². The van der Waals surface area contributed by atoms with E-state index in [9.17, 15) is 14.0 Å². The summed E-state index contributed by atoms with van der Waals surface area (Å²) in [4.78, 5) is 25.0. The van der Waals surface area contributed by atoms with Gasteiger partial charge in [-0.05, 0) is 66.1 Å². The zero-order valence-electron chi connectivity index (χ0n) is 16.5. The van der Waals surface area contributed by atoms with Gasteiger partial charge in [0, 0.05) is 22.8 Å². The Bertz CT molecular complexity index is 1120. The van der Waals surface area contributed by atoms with Crippen LogP contribution in [0.25, 0.3) is 0 Å². The van der Waals surface area contributed by atoms with Crippen LogP contribution in [-0.2, 0) is 17.8 Å². The summed E-state index contributed by atoms with van der Waals surface area (Å²) in [5.74, 6) is -0.378. The van der Waals surface area contributed by atoms with E-state index in [0.29, 0.717) is 35.0 Å². The highest BCUT2D eigenvalue weighted by Crippen LogP contribution is 2.30. The van der Waals surface area contributed by atoms with Crippen LogP contribution in [0.15, 0.2) is 66.7 Å². The number of carbonyl (C=O) groups is 2. The molecule has 4 rings (SSSR count). The van der Waals surface area contributed by atoms with E-state index in [1.807, 2.05) is 6.07 Å². The summed E-state index contributed by atoms with van der Waals surface area (Å²) in [5, 5.41) is 6.20. The summed E-state index contributed by atoms with van der Waals surface area (Å²) >= 11 is 5.95. The summed E-state index contributed by atoms with van der Waals surface area (Å²) < 4.78 is 18.8. The third kappa shape index (κ3) is 5.22. The summed E-state index contributed by atoms with van der Waals surface area (Å²) in [6.07, 6.45) is 0.492. The minimum atomic E-state index is -0.355. The molecule has 0 saturated heterocycles. The van der Waals surface area contributed by atoms with E-state index in [-0.39, 0.29) is 30.2 Å². The SMILES string of the molecule is O=C(Nc1ccc2c(c1)C[C@H](C(=O)NCc1ccc(F)cc1)CO2)c1cccc(Cl)c1. The van der Waals surface area contributed by atoms with Crippen LogP contribution in [0, 0.1) is 11.7 Å². The first kappa shape index (κ1) is 20.9. The van der Waals surface area contributed by atoms with Crippen molar-refractivity contribution >= 4 is 29.1 Å². The van der Waals surface area contributed by atoms with Crippen molar-refractivity contribution in [3.05, 3.63) is 94.3 Å². The molecule has 2 amide bonds. The first-order chi connectivity index (χ1) is 15.0. The highest BCUT2D eigenvalue weighted by Gasteiger charge is 2.26. The maximum atomic E-state index is 13.0. The highest BCUT2D eigenvalue weighted by atomic mass is 35.5. The van der Waals surface area contributed by atoms with Crippen LogP contribution in [0.4, 0.5) is 10.1 Å². The van der Waals surface area contributed by atoms with Gasteiger partial charge in [-0.1, -0.05) is 29.8 Å². The van der Waals surface area contributed by atoms with Gasteiger partial charge in [0.25, 0.3) is 5.91 Å². The van der Waals surface area contributed by atoms with E-state index < -0.39 is 0 Å². The summed E-state index contributed by atoms with van der Waals surface area (Å²) in [6, 6.07) is 18.1. The molecule has 3 aromatic rings. The van der Waals surface area contributed by atoms with Crippen molar-refractivity contribution in [1.82, 2.24) is 5.32 Å². The lowest BCUT2D eigenvalue weighted by molar-refractivity contribution is -0.126. The predicted octanol–water partition coefficient (Wildman–Crippen LogP) is 4.60. The van der Waals surface area contributed by atoms with Crippen LogP contribution < -0.4 is 15.4 Å². The number of rotatable bonds is 5. The van der Waals surface area contributed by atoms with E-state index in [1.165, 1.54) is 12.1 Å². The second-order valence-electron chi connectivity index (χ2n) is 7.34. The Morgan fingerprint density at radius 3 is 2.65 bits per heavy atom. The maximum absolute atomic E-state index is 13.0. The molecule has 7 heteroatoms. The molecule has 158 valence electrons. The fourth-order valence-electron chi connectivity index (χ4n) is 3.41. The normalized spacial score (nSPS) is 14.8. The number of anilines is 1. The van der Waals surface area contributed by atoms with Gasteiger partial charge in [-0.25, -0.2) is 4.39 Å². The Labute approximate surface area is 184 Å². The van der Waals surface area contributed by atoms with Crippen molar-refractivity contribution in [3.63, 3.8) is 0 Å². The van der Waals surface area contributed by atoms with Gasteiger partial charge in [0.05, 0.1) is 5.92 Å². The molecule has 0 spiro atoms. The van der Waals surface area contributed by atoms with Crippen molar-refractivity contribution in [1.29, 1.82) is 0 Å². The molecule has 3 aromatic carbocycles. The molecule has 5 nitrogen and oxygen atoms in total. The van der Waals surface area contributed by atoms with Gasteiger partial charge in [-0.2, -0.15) is 0 Å². The molecule has 1 aliphatic rings. The molecule has 0 radical (unpaired) electrons. The summed E-state index contributed by atoms with van der Waals surface area (Å²) in [6.45, 7) is 0.592. The van der Waals surface area contributed by atoms with Crippen molar-refractivity contribution in [3.8, 4) is 5.75 Å². The number of hydrogen-bond acceptors (Lipinski definition) is 3.